The molecule has 3 aromatic rings. The zero-order valence-electron chi connectivity index (χ0n) is 19.6. The molecule has 0 unspecified atom stereocenters. The Labute approximate surface area is 207 Å². The fraction of sp³-hybridized carbons (Fsp3) is 0.500. The van der Waals surface area contributed by atoms with Crippen LogP contribution >= 0.6 is 23.1 Å². The molecule has 0 bridgehead atoms. The molecule has 1 atom stereocenters. The van der Waals surface area contributed by atoms with Gasteiger partial charge in [0.2, 0.25) is 0 Å². The van der Waals surface area contributed by atoms with Crippen molar-refractivity contribution in [3.63, 3.8) is 0 Å². The summed E-state index contributed by atoms with van der Waals surface area (Å²) in [6, 6.07) is 3.12. The lowest BCUT2D eigenvalue weighted by atomic mass is 10.00. The fourth-order valence-corrected chi connectivity index (χ4v) is 5.91. The molecule has 7 nitrogen and oxygen atoms in total. The van der Waals surface area contributed by atoms with E-state index in [9.17, 15) is 9.18 Å². The SMILES string of the molecule is CSc1cnc(CC[C@H](C)CCc2nc3cc(F)c(C(=O)N4CC[N+]5(CNC5)C4)cc3s2)nc1. The fourth-order valence-electron chi connectivity index (χ4n) is 4.59. The predicted octanol–water partition coefficient (Wildman–Crippen LogP) is 3.90. The molecule has 2 fully saturated rings. The molecule has 2 saturated heterocycles. The first-order chi connectivity index (χ1) is 16.4. The molecule has 2 aromatic heterocycles. The molecular formula is C24H30FN6OS2+. The van der Waals surface area contributed by atoms with Gasteiger partial charge < -0.3 is 0 Å². The van der Waals surface area contributed by atoms with Crippen LogP contribution in [0.4, 0.5) is 4.39 Å². The normalized spacial score (nSPS) is 17.9. The lowest BCUT2D eigenvalue weighted by molar-refractivity contribution is -0.964. The van der Waals surface area contributed by atoms with Crippen molar-refractivity contribution in [2.75, 3.05) is 39.4 Å². The summed E-state index contributed by atoms with van der Waals surface area (Å²) in [6.07, 6.45) is 9.49. The van der Waals surface area contributed by atoms with E-state index in [1.807, 2.05) is 18.6 Å². The van der Waals surface area contributed by atoms with Crippen molar-refractivity contribution in [2.45, 2.75) is 37.5 Å². The molecule has 1 N–H and O–H groups in total. The highest BCUT2D eigenvalue weighted by Gasteiger charge is 2.44. The number of halogens is 1. The maximum absolute atomic E-state index is 14.8. The number of hydrogen-bond acceptors (Lipinski definition) is 7. The molecule has 1 spiro atoms. The van der Waals surface area contributed by atoms with E-state index in [2.05, 4.69) is 27.2 Å². The number of nitrogens with zero attached hydrogens (tertiary/aromatic N) is 5. The van der Waals surface area contributed by atoms with Crippen LogP contribution in [0.2, 0.25) is 0 Å². The van der Waals surface area contributed by atoms with Gasteiger partial charge in [-0.2, -0.15) is 0 Å². The molecule has 34 heavy (non-hydrogen) atoms. The Kier molecular flexibility index (Phi) is 6.83. The van der Waals surface area contributed by atoms with Crippen LogP contribution in [0, 0.1) is 11.7 Å². The number of carbonyl (C=O) groups is 1. The highest BCUT2D eigenvalue weighted by molar-refractivity contribution is 7.98. The van der Waals surface area contributed by atoms with Crippen LogP contribution in [-0.2, 0) is 12.8 Å². The summed E-state index contributed by atoms with van der Waals surface area (Å²) in [5.74, 6) is 0.702. The second-order valence-electron chi connectivity index (χ2n) is 9.47. The third-order valence-corrected chi connectivity index (χ3v) is 8.64. The van der Waals surface area contributed by atoms with Crippen molar-refractivity contribution in [3.8, 4) is 0 Å². The summed E-state index contributed by atoms with van der Waals surface area (Å²) in [7, 11) is 0. The van der Waals surface area contributed by atoms with Crippen LogP contribution in [0.25, 0.3) is 10.2 Å². The lowest BCUT2D eigenvalue weighted by Crippen LogP contribution is -2.67. The van der Waals surface area contributed by atoms with Gasteiger partial charge in [-0.15, -0.1) is 23.1 Å². The number of nitrogens with one attached hydrogen (secondary N) is 1. The number of aryl methyl sites for hydroxylation is 2. The summed E-state index contributed by atoms with van der Waals surface area (Å²) in [5.41, 5.74) is 0.804. The van der Waals surface area contributed by atoms with Gasteiger partial charge in [-0.3, -0.25) is 14.2 Å². The average Bonchev–Trinajstić information content (AvgIpc) is 3.45. The zero-order chi connectivity index (χ0) is 23.7. The number of amides is 1. The van der Waals surface area contributed by atoms with Gasteiger partial charge in [0.1, 0.15) is 31.5 Å². The number of hydrogen-bond donors (Lipinski definition) is 1. The zero-order valence-corrected chi connectivity index (χ0v) is 21.2. The van der Waals surface area contributed by atoms with Crippen molar-refractivity contribution < 1.29 is 13.7 Å². The van der Waals surface area contributed by atoms with Gasteiger partial charge in [-0.25, -0.2) is 24.7 Å². The quantitative estimate of drug-likeness (QED) is 0.373. The van der Waals surface area contributed by atoms with E-state index in [-0.39, 0.29) is 11.5 Å². The maximum atomic E-state index is 14.8. The number of benzene rings is 1. The monoisotopic (exact) mass is 501 g/mol. The molecular weight excluding hydrogens is 471 g/mol. The number of aromatic nitrogens is 3. The van der Waals surface area contributed by atoms with Crippen LogP contribution in [0.15, 0.2) is 29.4 Å². The van der Waals surface area contributed by atoms with Crippen molar-refractivity contribution in [3.05, 3.63) is 46.7 Å². The minimum atomic E-state index is -0.476. The number of carbonyl (C=O) groups excluding carboxylic acids is 1. The highest BCUT2D eigenvalue weighted by atomic mass is 32.2. The van der Waals surface area contributed by atoms with E-state index in [1.165, 1.54) is 6.07 Å². The molecule has 1 aromatic carbocycles. The Hall–Kier alpha value is -2.14. The van der Waals surface area contributed by atoms with Crippen molar-refractivity contribution in [1.82, 2.24) is 25.2 Å². The number of quaternary nitrogens is 1. The lowest BCUT2D eigenvalue weighted by Gasteiger charge is -2.41. The molecule has 0 radical (unpaired) electrons. The first-order valence-corrected chi connectivity index (χ1v) is 13.8. The Balaban J connectivity index is 1.19. The molecule has 4 heterocycles. The van der Waals surface area contributed by atoms with Gasteiger partial charge >= 0.3 is 0 Å². The second kappa shape index (κ2) is 9.85. The molecule has 0 saturated carbocycles. The molecule has 1 amide bonds. The topological polar surface area (TPSA) is 71.0 Å². The molecule has 0 aliphatic carbocycles. The van der Waals surface area contributed by atoms with E-state index in [0.29, 0.717) is 24.6 Å². The number of thioether (sulfide) groups is 1. The summed E-state index contributed by atoms with van der Waals surface area (Å²) in [6.45, 7) is 6.27. The predicted molar refractivity (Wildman–Crippen MR) is 133 cm³/mol. The largest absolute Gasteiger partial charge is 0.286 e. The number of thiazole rings is 1. The smallest absolute Gasteiger partial charge is 0.261 e. The van der Waals surface area contributed by atoms with E-state index >= 15 is 0 Å². The van der Waals surface area contributed by atoms with E-state index in [4.69, 9.17) is 0 Å². The third-order valence-electron chi connectivity index (χ3n) is 6.88. The summed E-state index contributed by atoms with van der Waals surface area (Å²) < 4.78 is 16.6. The number of fused-ring (bicyclic) bond motifs is 1. The summed E-state index contributed by atoms with van der Waals surface area (Å²) in [5, 5.41) is 4.26. The summed E-state index contributed by atoms with van der Waals surface area (Å²) in [4.78, 5) is 29.4. The number of rotatable bonds is 8. The molecule has 5 rings (SSSR count). The van der Waals surface area contributed by atoms with Gasteiger partial charge in [-0.05, 0) is 37.5 Å². The van der Waals surface area contributed by atoms with Gasteiger partial charge in [0.05, 0.1) is 27.3 Å². The summed E-state index contributed by atoms with van der Waals surface area (Å²) >= 11 is 3.21. The highest BCUT2D eigenvalue weighted by Crippen LogP contribution is 2.29. The van der Waals surface area contributed by atoms with Crippen molar-refractivity contribution >= 4 is 39.2 Å². The van der Waals surface area contributed by atoms with Crippen molar-refractivity contribution in [2.24, 2.45) is 5.92 Å². The van der Waals surface area contributed by atoms with Crippen LogP contribution in [0.3, 0.4) is 0 Å². The maximum Gasteiger partial charge on any atom is 0.261 e. The van der Waals surface area contributed by atoms with E-state index in [0.717, 1.165) is 70.5 Å². The standard InChI is InChI=1S/C24H30FN6OS2/c1-16(3-5-22-27-11-17(33-2)12-28-22)4-6-23-29-20-10-19(25)18(9-21(20)34-23)24(32)30-7-8-31(15-30)13-26-14-31/h9-12,16,26H,3-8,13-15H2,1-2H3/q+1/t16-/m0/s1. The Morgan fingerprint density at radius 2 is 2.03 bits per heavy atom. The van der Waals surface area contributed by atoms with Gasteiger partial charge in [0.15, 0.2) is 6.67 Å². The van der Waals surface area contributed by atoms with Crippen LogP contribution in [0.5, 0.6) is 0 Å². The first kappa shape index (κ1) is 23.6. The molecule has 2 aliphatic heterocycles. The third kappa shape index (κ3) is 4.95. The minimum absolute atomic E-state index is 0.164. The van der Waals surface area contributed by atoms with Gasteiger partial charge in [0, 0.05) is 29.8 Å². The Bertz CT molecular complexity index is 1180. The molecule has 180 valence electrons. The minimum Gasteiger partial charge on any atom is -0.286 e. The van der Waals surface area contributed by atoms with Crippen LogP contribution < -0.4 is 5.32 Å². The van der Waals surface area contributed by atoms with E-state index < -0.39 is 5.82 Å². The van der Waals surface area contributed by atoms with E-state index in [1.54, 1.807) is 34.1 Å². The Morgan fingerprint density at radius 3 is 2.71 bits per heavy atom. The Morgan fingerprint density at radius 1 is 1.26 bits per heavy atom. The first-order valence-electron chi connectivity index (χ1n) is 11.7. The molecule has 10 heteroatoms. The average molecular weight is 502 g/mol. The van der Waals surface area contributed by atoms with Crippen molar-refractivity contribution in [1.29, 1.82) is 0 Å². The molecule has 2 aliphatic rings. The van der Waals surface area contributed by atoms with Gasteiger partial charge in [0.25, 0.3) is 5.91 Å². The van der Waals surface area contributed by atoms with Gasteiger partial charge in [-0.1, -0.05) is 6.92 Å². The van der Waals surface area contributed by atoms with Crippen LogP contribution in [-0.4, -0.2) is 69.6 Å². The van der Waals surface area contributed by atoms with Crippen LogP contribution in [0.1, 0.15) is 41.0 Å². The second-order valence-corrected chi connectivity index (χ2v) is 11.5.